The summed E-state index contributed by atoms with van der Waals surface area (Å²) in [6, 6.07) is 32.5. The average Bonchev–Trinajstić information content (AvgIpc) is 3.17. The Hall–Kier alpha value is -4.83. The fraction of sp³-hybridized carbons (Fsp3) is 0. The van der Waals surface area contributed by atoms with Crippen LogP contribution in [0.5, 0.6) is 11.5 Å². The van der Waals surface area contributed by atoms with Gasteiger partial charge in [0.1, 0.15) is 16.8 Å². The highest BCUT2D eigenvalue weighted by Gasteiger charge is 2.16. The van der Waals surface area contributed by atoms with Gasteiger partial charge in [0, 0.05) is 17.4 Å². The third-order valence-electron chi connectivity index (χ3n) is 6.35. The Morgan fingerprint density at radius 2 is 1.54 bits per heavy atom. The van der Waals surface area contributed by atoms with Crippen molar-refractivity contribution in [3.63, 3.8) is 0 Å². The predicted octanol–water partition coefficient (Wildman–Crippen LogP) is 8.67. The lowest BCUT2D eigenvalue weighted by Crippen LogP contribution is -1.97. The van der Waals surface area contributed by atoms with Gasteiger partial charge in [0.25, 0.3) is 0 Å². The standard InChI is InChI=1S/C31H20N2O2/c1-2-12-25-20(7-1)16-17-21-8-4-14-27(30(21)33-25)34-23-10-3-9-22(19-23)24-11-5-13-26-29(24)31-28(35-26)15-6-18-32-31/h1-19,33H. The first-order valence-electron chi connectivity index (χ1n) is 11.6. The molecule has 0 aliphatic carbocycles. The van der Waals surface area contributed by atoms with Crippen molar-refractivity contribution >= 4 is 45.6 Å². The molecule has 0 saturated carbocycles. The number of nitrogens with zero attached hydrogens (tertiary/aromatic N) is 1. The highest BCUT2D eigenvalue weighted by atomic mass is 16.5. The van der Waals surface area contributed by atoms with Gasteiger partial charge in [-0.1, -0.05) is 66.7 Å². The van der Waals surface area contributed by atoms with E-state index in [0.717, 1.165) is 67.2 Å². The molecule has 1 aliphatic rings. The quantitative estimate of drug-likeness (QED) is 0.291. The molecule has 0 bridgehead atoms. The van der Waals surface area contributed by atoms with Gasteiger partial charge in [-0.15, -0.1) is 0 Å². The molecule has 6 aromatic rings. The minimum atomic E-state index is 0.761. The highest BCUT2D eigenvalue weighted by Crippen LogP contribution is 2.40. The van der Waals surface area contributed by atoms with Gasteiger partial charge in [-0.3, -0.25) is 4.98 Å². The molecular weight excluding hydrogens is 432 g/mol. The number of nitrogens with one attached hydrogen (secondary N) is 1. The van der Waals surface area contributed by atoms with Gasteiger partial charge in [-0.05, 0) is 59.2 Å². The second-order valence-electron chi connectivity index (χ2n) is 8.53. The van der Waals surface area contributed by atoms with E-state index in [1.165, 1.54) is 0 Å². The fourth-order valence-corrected chi connectivity index (χ4v) is 4.71. The van der Waals surface area contributed by atoms with Crippen LogP contribution in [0.3, 0.4) is 0 Å². The Kier molecular flexibility index (Phi) is 4.42. The molecule has 1 aliphatic heterocycles. The largest absolute Gasteiger partial charge is 0.455 e. The number of para-hydroxylation sites is 2. The summed E-state index contributed by atoms with van der Waals surface area (Å²) in [7, 11) is 0. The SMILES string of the molecule is C1=Cc2cccc(Oc3cccc(-c4cccc5oc6cccnc6c45)c3)c2Nc2ccccc21. The summed E-state index contributed by atoms with van der Waals surface area (Å²) in [4.78, 5) is 4.58. The van der Waals surface area contributed by atoms with E-state index in [0.29, 0.717) is 0 Å². The van der Waals surface area contributed by atoms with Crippen LogP contribution in [0, 0.1) is 0 Å². The molecule has 4 aromatic carbocycles. The Morgan fingerprint density at radius 1 is 0.714 bits per heavy atom. The lowest BCUT2D eigenvalue weighted by atomic mass is 10.0. The van der Waals surface area contributed by atoms with Gasteiger partial charge in [-0.2, -0.15) is 0 Å². The number of benzene rings is 4. The van der Waals surface area contributed by atoms with Gasteiger partial charge < -0.3 is 14.5 Å². The van der Waals surface area contributed by atoms with Gasteiger partial charge in [0.05, 0.1) is 11.1 Å². The molecule has 0 amide bonds. The number of aromatic nitrogens is 1. The van der Waals surface area contributed by atoms with Crippen LogP contribution < -0.4 is 10.1 Å². The molecule has 4 heteroatoms. The van der Waals surface area contributed by atoms with Crippen LogP contribution >= 0.6 is 0 Å². The average molecular weight is 453 g/mol. The molecule has 0 fully saturated rings. The van der Waals surface area contributed by atoms with E-state index < -0.39 is 0 Å². The molecule has 4 nitrogen and oxygen atoms in total. The van der Waals surface area contributed by atoms with Crippen molar-refractivity contribution in [2.75, 3.05) is 5.32 Å². The van der Waals surface area contributed by atoms with Crippen molar-refractivity contribution < 1.29 is 9.15 Å². The summed E-state index contributed by atoms with van der Waals surface area (Å²) < 4.78 is 12.5. The number of fused-ring (bicyclic) bond motifs is 5. The number of pyridine rings is 1. The number of hydrogen-bond acceptors (Lipinski definition) is 4. The number of ether oxygens (including phenoxy) is 1. The molecule has 0 atom stereocenters. The number of furan rings is 1. The fourth-order valence-electron chi connectivity index (χ4n) is 4.71. The summed E-state index contributed by atoms with van der Waals surface area (Å²) in [6.45, 7) is 0. The maximum atomic E-state index is 6.46. The van der Waals surface area contributed by atoms with E-state index >= 15 is 0 Å². The zero-order chi connectivity index (χ0) is 23.2. The van der Waals surface area contributed by atoms with Gasteiger partial charge >= 0.3 is 0 Å². The molecule has 7 rings (SSSR count). The third kappa shape index (κ3) is 3.35. The second-order valence-corrected chi connectivity index (χ2v) is 8.53. The van der Waals surface area contributed by atoms with Crippen LogP contribution in [0.4, 0.5) is 11.4 Å². The molecule has 0 unspecified atom stereocenters. The minimum absolute atomic E-state index is 0.761. The highest BCUT2D eigenvalue weighted by molar-refractivity contribution is 6.10. The van der Waals surface area contributed by atoms with Crippen LogP contribution in [0.15, 0.2) is 108 Å². The Balaban J connectivity index is 1.30. The van der Waals surface area contributed by atoms with E-state index in [1.807, 2.05) is 60.7 Å². The lowest BCUT2D eigenvalue weighted by Gasteiger charge is -2.16. The summed E-state index contributed by atoms with van der Waals surface area (Å²) >= 11 is 0. The first-order valence-corrected chi connectivity index (χ1v) is 11.6. The molecule has 166 valence electrons. The van der Waals surface area contributed by atoms with Crippen molar-refractivity contribution in [2.45, 2.75) is 0 Å². The van der Waals surface area contributed by atoms with Crippen LogP contribution in [0.2, 0.25) is 0 Å². The minimum Gasteiger partial charge on any atom is -0.455 e. The molecule has 0 saturated heterocycles. The van der Waals surface area contributed by atoms with Crippen LogP contribution in [0.25, 0.3) is 45.3 Å². The maximum absolute atomic E-state index is 6.46. The van der Waals surface area contributed by atoms with Crippen LogP contribution in [0.1, 0.15) is 11.1 Å². The first kappa shape index (κ1) is 19.6. The lowest BCUT2D eigenvalue weighted by molar-refractivity contribution is 0.485. The van der Waals surface area contributed by atoms with E-state index in [-0.39, 0.29) is 0 Å². The summed E-state index contributed by atoms with van der Waals surface area (Å²) in [6.07, 6.45) is 6.05. The number of rotatable bonds is 3. The predicted molar refractivity (Wildman–Crippen MR) is 142 cm³/mol. The van der Waals surface area contributed by atoms with Crippen molar-refractivity contribution in [1.82, 2.24) is 4.98 Å². The van der Waals surface area contributed by atoms with Crippen LogP contribution in [-0.4, -0.2) is 4.98 Å². The van der Waals surface area contributed by atoms with Gasteiger partial charge in [0.15, 0.2) is 11.3 Å². The van der Waals surface area contributed by atoms with E-state index in [9.17, 15) is 0 Å². The van der Waals surface area contributed by atoms with Crippen molar-refractivity contribution in [3.8, 4) is 22.6 Å². The second kappa shape index (κ2) is 7.89. The molecule has 2 aromatic heterocycles. The summed E-state index contributed by atoms with van der Waals surface area (Å²) in [5.41, 5.74) is 8.81. The zero-order valence-electron chi connectivity index (χ0n) is 18.7. The number of anilines is 2. The zero-order valence-corrected chi connectivity index (χ0v) is 18.7. The normalized spacial score (nSPS) is 12.1. The Morgan fingerprint density at radius 3 is 2.54 bits per heavy atom. The molecule has 0 radical (unpaired) electrons. The number of hydrogen-bond donors (Lipinski definition) is 1. The van der Waals surface area contributed by atoms with Gasteiger partial charge in [0.2, 0.25) is 0 Å². The Labute approximate surface area is 202 Å². The first-order chi connectivity index (χ1) is 17.3. The third-order valence-corrected chi connectivity index (χ3v) is 6.35. The Bertz CT molecular complexity index is 1760. The van der Waals surface area contributed by atoms with Crippen molar-refractivity contribution in [3.05, 3.63) is 114 Å². The molecule has 0 spiro atoms. The van der Waals surface area contributed by atoms with Gasteiger partial charge in [-0.25, -0.2) is 0 Å². The molecular formula is C31H20N2O2. The summed E-state index contributed by atoms with van der Waals surface area (Å²) in [5.74, 6) is 1.53. The monoisotopic (exact) mass is 452 g/mol. The van der Waals surface area contributed by atoms with Crippen molar-refractivity contribution in [1.29, 1.82) is 0 Å². The molecule has 3 heterocycles. The van der Waals surface area contributed by atoms with E-state index in [1.54, 1.807) is 6.20 Å². The van der Waals surface area contributed by atoms with E-state index in [4.69, 9.17) is 9.15 Å². The maximum Gasteiger partial charge on any atom is 0.153 e. The molecule has 1 N–H and O–H groups in total. The van der Waals surface area contributed by atoms with Crippen molar-refractivity contribution in [2.24, 2.45) is 0 Å². The smallest absolute Gasteiger partial charge is 0.153 e. The summed E-state index contributed by atoms with van der Waals surface area (Å²) in [5, 5.41) is 4.58. The molecule has 35 heavy (non-hydrogen) atoms. The van der Waals surface area contributed by atoms with Crippen LogP contribution in [-0.2, 0) is 0 Å². The van der Waals surface area contributed by atoms with E-state index in [2.05, 4.69) is 58.9 Å². The topological polar surface area (TPSA) is 47.3 Å².